The van der Waals surface area contributed by atoms with Gasteiger partial charge in [-0.25, -0.2) is 13.1 Å². The number of nitrogens with one attached hydrogen (secondary N) is 3. The van der Waals surface area contributed by atoms with Crippen molar-refractivity contribution in [1.29, 1.82) is 0 Å². The molecule has 0 fully saturated rings. The lowest BCUT2D eigenvalue weighted by atomic mass is 10.2. The number of ether oxygens (including phenoxy) is 1. The van der Waals surface area contributed by atoms with Gasteiger partial charge in [0, 0.05) is 30.1 Å². The summed E-state index contributed by atoms with van der Waals surface area (Å²) in [6, 6.07) is 7.20. The van der Waals surface area contributed by atoms with Gasteiger partial charge in [0.1, 0.15) is 11.4 Å². The van der Waals surface area contributed by atoms with E-state index < -0.39 is 10.0 Å². The van der Waals surface area contributed by atoms with Crippen molar-refractivity contribution in [2.24, 2.45) is 0 Å². The van der Waals surface area contributed by atoms with Gasteiger partial charge < -0.3 is 15.0 Å². The Morgan fingerprint density at radius 3 is 2.71 bits per heavy atom. The van der Waals surface area contributed by atoms with Crippen molar-refractivity contribution in [3.63, 3.8) is 0 Å². The van der Waals surface area contributed by atoms with Crippen LogP contribution in [0.5, 0.6) is 5.75 Å². The van der Waals surface area contributed by atoms with Crippen molar-refractivity contribution >= 4 is 26.8 Å². The first kappa shape index (κ1) is 15.3. The molecule has 0 aliphatic rings. The third-order valence-electron chi connectivity index (χ3n) is 2.85. The van der Waals surface area contributed by atoms with Gasteiger partial charge in [-0.2, -0.15) is 0 Å². The molecule has 7 nitrogen and oxygen atoms in total. The first-order chi connectivity index (χ1) is 9.89. The number of aromatic nitrogens is 1. The van der Waals surface area contributed by atoms with Crippen LogP contribution in [0, 0.1) is 0 Å². The number of fused-ring (bicyclic) bond motifs is 1. The molecule has 0 aliphatic heterocycles. The minimum absolute atomic E-state index is 0.151. The lowest BCUT2D eigenvalue weighted by molar-refractivity contribution is 0.0950. The number of aromatic amines is 1. The lowest BCUT2D eigenvalue weighted by Gasteiger charge is -2.04. The van der Waals surface area contributed by atoms with Crippen LogP contribution in [-0.4, -0.2) is 45.8 Å². The Hall–Kier alpha value is -2.06. The van der Waals surface area contributed by atoms with E-state index in [2.05, 4.69) is 15.0 Å². The van der Waals surface area contributed by atoms with Crippen molar-refractivity contribution in [2.45, 2.75) is 0 Å². The highest BCUT2D eigenvalue weighted by Gasteiger charge is 2.09. The maximum atomic E-state index is 11.9. The number of benzene rings is 1. The highest BCUT2D eigenvalue weighted by molar-refractivity contribution is 7.88. The Morgan fingerprint density at radius 1 is 1.29 bits per heavy atom. The average Bonchev–Trinajstić information content (AvgIpc) is 2.85. The van der Waals surface area contributed by atoms with Crippen LogP contribution < -0.4 is 14.8 Å². The Kier molecular flexibility index (Phi) is 4.49. The van der Waals surface area contributed by atoms with Crippen molar-refractivity contribution in [3.8, 4) is 5.75 Å². The second-order valence-corrected chi connectivity index (χ2v) is 6.39. The number of H-pyrrole nitrogens is 1. The van der Waals surface area contributed by atoms with E-state index in [-0.39, 0.29) is 19.0 Å². The maximum absolute atomic E-state index is 11.9. The molecule has 1 heterocycles. The normalized spacial score (nSPS) is 11.5. The van der Waals surface area contributed by atoms with Gasteiger partial charge in [-0.15, -0.1) is 0 Å². The summed E-state index contributed by atoms with van der Waals surface area (Å²) >= 11 is 0. The van der Waals surface area contributed by atoms with Crippen molar-refractivity contribution < 1.29 is 17.9 Å². The largest absolute Gasteiger partial charge is 0.497 e. The molecule has 0 bridgehead atoms. The molecule has 1 aromatic heterocycles. The Balaban J connectivity index is 1.99. The first-order valence-corrected chi connectivity index (χ1v) is 8.18. The van der Waals surface area contributed by atoms with E-state index in [1.807, 2.05) is 12.1 Å². The molecule has 2 rings (SSSR count). The molecule has 8 heteroatoms. The Morgan fingerprint density at radius 2 is 2.05 bits per heavy atom. The highest BCUT2D eigenvalue weighted by atomic mass is 32.2. The van der Waals surface area contributed by atoms with Gasteiger partial charge >= 0.3 is 0 Å². The predicted octanol–water partition coefficient (Wildman–Crippen LogP) is 0.456. The molecule has 0 unspecified atom stereocenters. The number of methoxy groups -OCH3 is 1. The van der Waals surface area contributed by atoms with Gasteiger partial charge in [-0.05, 0) is 18.2 Å². The maximum Gasteiger partial charge on any atom is 0.267 e. The van der Waals surface area contributed by atoms with E-state index >= 15 is 0 Å². The molecule has 0 spiro atoms. The SMILES string of the molecule is COc1ccc2cc(C(=O)NCCNS(C)(=O)=O)[nH]c2c1. The lowest BCUT2D eigenvalue weighted by Crippen LogP contribution is -2.34. The van der Waals surface area contributed by atoms with Gasteiger partial charge in [0.25, 0.3) is 5.91 Å². The van der Waals surface area contributed by atoms with Crippen LogP contribution >= 0.6 is 0 Å². The summed E-state index contributed by atoms with van der Waals surface area (Å²) in [5.74, 6) is 0.411. The zero-order valence-corrected chi connectivity index (χ0v) is 12.6. The zero-order valence-electron chi connectivity index (χ0n) is 11.8. The Bertz CT molecular complexity index is 752. The molecule has 0 atom stereocenters. The summed E-state index contributed by atoms with van der Waals surface area (Å²) < 4.78 is 29.2. The van der Waals surface area contributed by atoms with Gasteiger partial charge in [0.15, 0.2) is 0 Å². The summed E-state index contributed by atoms with van der Waals surface area (Å²) in [7, 11) is -1.66. The summed E-state index contributed by atoms with van der Waals surface area (Å²) in [5.41, 5.74) is 1.21. The second kappa shape index (κ2) is 6.15. The quantitative estimate of drug-likeness (QED) is 0.675. The molecular weight excluding hydrogens is 294 g/mol. The molecule has 0 aliphatic carbocycles. The first-order valence-electron chi connectivity index (χ1n) is 6.28. The molecule has 2 aromatic rings. The van der Waals surface area contributed by atoms with Crippen LogP contribution in [0.25, 0.3) is 10.9 Å². The van der Waals surface area contributed by atoms with E-state index in [9.17, 15) is 13.2 Å². The standard InChI is InChI=1S/C13H17N3O4S/c1-20-10-4-3-9-7-12(16-11(9)8-10)13(17)14-5-6-15-21(2,18)19/h3-4,7-8,15-16H,5-6H2,1-2H3,(H,14,17). The highest BCUT2D eigenvalue weighted by Crippen LogP contribution is 2.21. The average molecular weight is 311 g/mol. The summed E-state index contributed by atoms with van der Waals surface area (Å²) in [6.07, 6.45) is 1.07. The number of sulfonamides is 1. The topological polar surface area (TPSA) is 100 Å². The molecule has 1 aromatic carbocycles. The van der Waals surface area contributed by atoms with E-state index in [4.69, 9.17) is 4.74 Å². The van der Waals surface area contributed by atoms with Crippen LogP contribution in [0.1, 0.15) is 10.5 Å². The number of amides is 1. The number of carbonyl (C=O) groups is 1. The molecule has 114 valence electrons. The molecular formula is C13H17N3O4S. The van der Waals surface area contributed by atoms with Crippen LogP contribution in [0.15, 0.2) is 24.3 Å². The fraction of sp³-hybridized carbons (Fsp3) is 0.308. The second-order valence-electron chi connectivity index (χ2n) is 4.56. The molecule has 21 heavy (non-hydrogen) atoms. The van der Waals surface area contributed by atoms with Crippen molar-refractivity contribution in [1.82, 2.24) is 15.0 Å². The summed E-state index contributed by atoms with van der Waals surface area (Å²) in [4.78, 5) is 14.9. The minimum atomic E-state index is -3.24. The Labute approximate surface area is 122 Å². The van der Waals surface area contributed by atoms with Gasteiger partial charge in [0.2, 0.25) is 10.0 Å². The number of hydrogen-bond acceptors (Lipinski definition) is 4. The molecule has 0 radical (unpaired) electrons. The fourth-order valence-corrected chi connectivity index (χ4v) is 2.34. The monoisotopic (exact) mass is 311 g/mol. The minimum Gasteiger partial charge on any atom is -0.497 e. The molecule has 0 saturated carbocycles. The van der Waals surface area contributed by atoms with Gasteiger partial charge in [0.05, 0.1) is 13.4 Å². The summed E-state index contributed by atoms with van der Waals surface area (Å²) in [5, 5.41) is 3.53. The smallest absolute Gasteiger partial charge is 0.267 e. The van der Waals surface area contributed by atoms with E-state index in [1.165, 1.54) is 0 Å². The third-order valence-corrected chi connectivity index (χ3v) is 3.58. The number of rotatable bonds is 6. The molecule has 1 amide bonds. The molecule has 0 saturated heterocycles. The van der Waals surface area contributed by atoms with E-state index in [0.717, 1.165) is 17.2 Å². The van der Waals surface area contributed by atoms with E-state index in [1.54, 1.807) is 19.2 Å². The number of hydrogen-bond donors (Lipinski definition) is 3. The van der Waals surface area contributed by atoms with Crippen LogP contribution in [0.3, 0.4) is 0 Å². The third kappa shape index (κ3) is 4.20. The van der Waals surface area contributed by atoms with Gasteiger partial charge in [-0.3, -0.25) is 4.79 Å². The summed E-state index contributed by atoms with van der Waals surface area (Å²) in [6.45, 7) is 0.364. The van der Waals surface area contributed by atoms with E-state index in [0.29, 0.717) is 11.4 Å². The van der Waals surface area contributed by atoms with Crippen LogP contribution in [-0.2, 0) is 10.0 Å². The predicted molar refractivity (Wildman–Crippen MR) is 80.0 cm³/mol. The zero-order chi connectivity index (χ0) is 15.5. The van der Waals surface area contributed by atoms with Crippen molar-refractivity contribution in [2.75, 3.05) is 26.5 Å². The van der Waals surface area contributed by atoms with Crippen LogP contribution in [0.4, 0.5) is 0 Å². The fourth-order valence-electron chi connectivity index (χ4n) is 1.86. The van der Waals surface area contributed by atoms with Gasteiger partial charge in [-0.1, -0.05) is 0 Å². The van der Waals surface area contributed by atoms with Crippen molar-refractivity contribution in [3.05, 3.63) is 30.0 Å². The van der Waals surface area contributed by atoms with Crippen LogP contribution in [0.2, 0.25) is 0 Å². The molecule has 3 N–H and O–H groups in total. The number of carbonyl (C=O) groups excluding carboxylic acids is 1.